The number of rotatable bonds is 5. The number of aromatic nitrogens is 1. The van der Waals surface area contributed by atoms with Crippen LogP contribution in [0.3, 0.4) is 0 Å². The fourth-order valence-electron chi connectivity index (χ4n) is 2.21. The van der Waals surface area contributed by atoms with Crippen LogP contribution in [-0.4, -0.2) is 24.0 Å². The van der Waals surface area contributed by atoms with E-state index in [2.05, 4.69) is 45.0 Å². The number of carbonyl (C=O) groups excluding carboxylic acids is 1. The van der Waals surface area contributed by atoms with Gasteiger partial charge >= 0.3 is 0 Å². The smallest absolute Gasteiger partial charge is 0.274 e. The van der Waals surface area contributed by atoms with E-state index < -0.39 is 0 Å². The lowest BCUT2D eigenvalue weighted by molar-refractivity contribution is 0.102. The van der Waals surface area contributed by atoms with Gasteiger partial charge in [-0.15, -0.1) is 0 Å². The Morgan fingerprint density at radius 2 is 1.95 bits per heavy atom. The van der Waals surface area contributed by atoms with Gasteiger partial charge in [0.1, 0.15) is 5.69 Å². The highest BCUT2D eigenvalue weighted by molar-refractivity contribution is 9.10. The molecule has 1 N–H and O–H groups in total. The number of halogens is 1. The highest BCUT2D eigenvalue weighted by Gasteiger charge is 2.09. The number of benzene rings is 1. The molecule has 0 unspecified atom stereocenters. The van der Waals surface area contributed by atoms with E-state index in [-0.39, 0.29) is 5.91 Å². The summed E-state index contributed by atoms with van der Waals surface area (Å²) < 4.78 is 1.02. The maximum Gasteiger partial charge on any atom is 0.274 e. The molecule has 1 aromatic heterocycles. The second kappa shape index (κ2) is 7.40. The lowest BCUT2D eigenvalue weighted by Gasteiger charge is -2.20. The summed E-state index contributed by atoms with van der Waals surface area (Å²) >= 11 is 3.45. The van der Waals surface area contributed by atoms with E-state index in [1.54, 1.807) is 12.3 Å². The molecular weight excluding hydrogens is 342 g/mol. The van der Waals surface area contributed by atoms with Crippen LogP contribution in [0.1, 0.15) is 29.9 Å². The number of amides is 1. The van der Waals surface area contributed by atoms with Gasteiger partial charge in [-0.05, 0) is 56.7 Å². The number of pyridine rings is 1. The van der Waals surface area contributed by atoms with Gasteiger partial charge in [0.15, 0.2) is 0 Å². The normalized spacial score (nSPS) is 10.4. The highest BCUT2D eigenvalue weighted by atomic mass is 79.9. The molecule has 0 saturated heterocycles. The van der Waals surface area contributed by atoms with Crippen LogP contribution in [-0.2, 0) is 0 Å². The number of nitrogens with one attached hydrogen (secondary N) is 1. The molecule has 2 aromatic rings. The minimum absolute atomic E-state index is 0.201. The summed E-state index contributed by atoms with van der Waals surface area (Å²) in [5.41, 5.74) is 3.28. The third kappa shape index (κ3) is 3.85. The van der Waals surface area contributed by atoms with E-state index in [1.165, 1.54) is 0 Å². The topological polar surface area (TPSA) is 45.2 Å². The summed E-state index contributed by atoms with van der Waals surface area (Å²) in [5.74, 6) is -0.201. The van der Waals surface area contributed by atoms with Crippen molar-refractivity contribution in [3.05, 3.63) is 52.3 Å². The van der Waals surface area contributed by atoms with Crippen LogP contribution in [0.25, 0.3) is 0 Å². The van der Waals surface area contributed by atoms with Gasteiger partial charge in [0.05, 0.1) is 11.9 Å². The van der Waals surface area contributed by atoms with Crippen molar-refractivity contribution in [2.24, 2.45) is 0 Å². The zero-order valence-electron chi connectivity index (χ0n) is 13.1. The first kappa shape index (κ1) is 16.5. The van der Waals surface area contributed by atoms with Crippen molar-refractivity contribution in [1.29, 1.82) is 0 Å². The van der Waals surface area contributed by atoms with Gasteiger partial charge in [0.2, 0.25) is 0 Å². The molecule has 4 nitrogen and oxygen atoms in total. The Bertz CT molecular complexity index is 651. The van der Waals surface area contributed by atoms with E-state index in [0.29, 0.717) is 5.69 Å². The first-order chi connectivity index (χ1) is 10.5. The minimum atomic E-state index is -0.201. The fraction of sp³-hybridized carbons (Fsp3) is 0.294. The average Bonchev–Trinajstić information content (AvgIpc) is 2.53. The molecule has 0 radical (unpaired) electrons. The fourth-order valence-corrected chi connectivity index (χ4v) is 2.46. The van der Waals surface area contributed by atoms with Gasteiger partial charge < -0.3 is 10.2 Å². The third-order valence-corrected chi connectivity index (χ3v) is 4.41. The first-order valence-corrected chi connectivity index (χ1v) is 8.13. The van der Waals surface area contributed by atoms with Crippen LogP contribution >= 0.6 is 15.9 Å². The minimum Gasteiger partial charge on any atom is -0.371 e. The SMILES string of the molecule is CCN(CC)c1ccc(C(=O)Nc2ccc(Br)c(C)c2)nc1. The van der Waals surface area contributed by atoms with Gasteiger partial charge in [-0.2, -0.15) is 0 Å². The zero-order valence-corrected chi connectivity index (χ0v) is 14.6. The van der Waals surface area contributed by atoms with Gasteiger partial charge in [-0.25, -0.2) is 4.98 Å². The molecule has 0 spiro atoms. The van der Waals surface area contributed by atoms with Crippen LogP contribution in [0.4, 0.5) is 11.4 Å². The van der Waals surface area contributed by atoms with Crippen LogP contribution in [0.2, 0.25) is 0 Å². The molecule has 1 aromatic carbocycles. The summed E-state index contributed by atoms with van der Waals surface area (Å²) in [6, 6.07) is 9.39. The second-order valence-corrected chi connectivity index (χ2v) is 5.85. The van der Waals surface area contributed by atoms with Gasteiger partial charge in [0.25, 0.3) is 5.91 Å². The number of nitrogens with zero attached hydrogens (tertiary/aromatic N) is 2. The second-order valence-electron chi connectivity index (χ2n) is 4.99. The molecule has 0 aliphatic rings. The Kier molecular flexibility index (Phi) is 5.55. The number of hydrogen-bond donors (Lipinski definition) is 1. The summed E-state index contributed by atoms with van der Waals surface area (Å²) in [6.45, 7) is 8.01. The molecule has 1 amide bonds. The predicted molar refractivity (Wildman–Crippen MR) is 94.6 cm³/mol. The Labute approximate surface area is 139 Å². The molecule has 0 fully saturated rings. The maximum absolute atomic E-state index is 12.2. The molecular formula is C17H20BrN3O. The van der Waals surface area contributed by atoms with Crippen LogP contribution in [0, 0.1) is 6.92 Å². The Morgan fingerprint density at radius 3 is 2.50 bits per heavy atom. The number of anilines is 2. The summed E-state index contributed by atoms with van der Waals surface area (Å²) in [5, 5.41) is 2.87. The molecule has 2 rings (SSSR count). The van der Waals surface area contributed by atoms with Crippen LogP contribution in [0.5, 0.6) is 0 Å². The molecule has 22 heavy (non-hydrogen) atoms. The van der Waals surface area contributed by atoms with Gasteiger partial charge in [-0.3, -0.25) is 4.79 Å². The molecule has 0 atom stereocenters. The van der Waals surface area contributed by atoms with E-state index in [4.69, 9.17) is 0 Å². The Morgan fingerprint density at radius 1 is 1.23 bits per heavy atom. The number of aryl methyl sites for hydroxylation is 1. The standard InChI is InChI=1S/C17H20BrN3O/c1-4-21(5-2)14-7-9-16(19-11-14)17(22)20-13-6-8-15(18)12(3)10-13/h6-11H,4-5H2,1-3H3,(H,20,22). The van der Waals surface area contributed by atoms with Crippen molar-refractivity contribution < 1.29 is 4.79 Å². The van der Waals surface area contributed by atoms with Crippen LogP contribution in [0.15, 0.2) is 41.0 Å². The van der Waals surface area contributed by atoms with Gasteiger partial charge in [-0.1, -0.05) is 15.9 Å². The van der Waals surface area contributed by atoms with Gasteiger partial charge in [0, 0.05) is 23.2 Å². The monoisotopic (exact) mass is 361 g/mol. The van der Waals surface area contributed by atoms with Crippen molar-refractivity contribution in [3.63, 3.8) is 0 Å². The predicted octanol–water partition coefficient (Wildman–Crippen LogP) is 4.25. The maximum atomic E-state index is 12.2. The van der Waals surface area contributed by atoms with Crippen molar-refractivity contribution in [2.75, 3.05) is 23.3 Å². The van der Waals surface area contributed by atoms with E-state index in [0.717, 1.165) is 34.5 Å². The third-order valence-electron chi connectivity index (χ3n) is 3.52. The van der Waals surface area contributed by atoms with E-state index >= 15 is 0 Å². The van der Waals surface area contributed by atoms with Crippen molar-refractivity contribution in [1.82, 2.24) is 4.98 Å². The van der Waals surface area contributed by atoms with Crippen molar-refractivity contribution >= 4 is 33.2 Å². The first-order valence-electron chi connectivity index (χ1n) is 7.33. The number of hydrogen-bond acceptors (Lipinski definition) is 3. The quantitative estimate of drug-likeness (QED) is 0.865. The lowest BCUT2D eigenvalue weighted by Crippen LogP contribution is -2.22. The highest BCUT2D eigenvalue weighted by Crippen LogP contribution is 2.20. The van der Waals surface area contributed by atoms with Crippen molar-refractivity contribution in [2.45, 2.75) is 20.8 Å². The zero-order chi connectivity index (χ0) is 16.1. The molecule has 1 heterocycles. The molecule has 0 aliphatic carbocycles. The van der Waals surface area contributed by atoms with E-state index in [9.17, 15) is 4.79 Å². The van der Waals surface area contributed by atoms with Crippen molar-refractivity contribution in [3.8, 4) is 0 Å². The average molecular weight is 362 g/mol. The Balaban J connectivity index is 2.11. The van der Waals surface area contributed by atoms with E-state index in [1.807, 2.05) is 31.2 Å². The Hall–Kier alpha value is -1.88. The van der Waals surface area contributed by atoms with Crippen LogP contribution < -0.4 is 10.2 Å². The summed E-state index contributed by atoms with van der Waals surface area (Å²) in [6.07, 6.45) is 1.74. The summed E-state index contributed by atoms with van der Waals surface area (Å²) in [4.78, 5) is 18.7. The molecule has 0 saturated carbocycles. The molecule has 5 heteroatoms. The molecule has 116 valence electrons. The molecule has 0 bridgehead atoms. The molecule has 0 aliphatic heterocycles. The lowest BCUT2D eigenvalue weighted by atomic mass is 10.2. The largest absolute Gasteiger partial charge is 0.371 e. The number of carbonyl (C=O) groups is 1. The summed E-state index contributed by atoms with van der Waals surface area (Å²) in [7, 11) is 0.